The van der Waals surface area contributed by atoms with E-state index in [0.717, 1.165) is 8.66 Å². The molecule has 0 N–H and O–H groups in total. The molecule has 1 amide bonds. The van der Waals surface area contributed by atoms with Crippen LogP contribution in [0, 0.1) is 5.82 Å². The summed E-state index contributed by atoms with van der Waals surface area (Å²) in [5.74, 6) is 0.804. The van der Waals surface area contributed by atoms with Crippen molar-refractivity contribution < 1.29 is 18.3 Å². The van der Waals surface area contributed by atoms with Crippen molar-refractivity contribution in [1.29, 1.82) is 0 Å². The number of rotatable bonds is 6. The van der Waals surface area contributed by atoms with E-state index in [1.807, 2.05) is 12.1 Å². The third-order valence-corrected chi connectivity index (χ3v) is 5.04. The van der Waals surface area contributed by atoms with Gasteiger partial charge in [-0.1, -0.05) is 0 Å². The molecule has 0 aliphatic heterocycles. The van der Waals surface area contributed by atoms with Crippen molar-refractivity contribution in [3.05, 3.63) is 74.5 Å². The van der Waals surface area contributed by atoms with Crippen molar-refractivity contribution in [2.24, 2.45) is 0 Å². The zero-order valence-electron chi connectivity index (χ0n) is 13.4. The molecular formula is C18H15BrFNO3S. The smallest absolute Gasteiger partial charge is 0.289 e. The zero-order chi connectivity index (χ0) is 17.8. The zero-order valence-corrected chi connectivity index (χ0v) is 15.8. The molecule has 0 aliphatic rings. The Morgan fingerprint density at radius 3 is 2.64 bits per heavy atom. The first kappa shape index (κ1) is 17.7. The first-order chi connectivity index (χ1) is 12.0. The summed E-state index contributed by atoms with van der Waals surface area (Å²) >= 11 is 5.00. The summed E-state index contributed by atoms with van der Waals surface area (Å²) in [5.41, 5.74) is 0. The van der Waals surface area contributed by atoms with Crippen LogP contribution in [0.3, 0.4) is 0 Å². The summed E-state index contributed by atoms with van der Waals surface area (Å²) < 4.78 is 25.0. The molecule has 2 aromatic heterocycles. The van der Waals surface area contributed by atoms with Gasteiger partial charge in [0.15, 0.2) is 5.76 Å². The van der Waals surface area contributed by atoms with E-state index < -0.39 is 0 Å². The monoisotopic (exact) mass is 423 g/mol. The van der Waals surface area contributed by atoms with Crippen molar-refractivity contribution >= 4 is 33.2 Å². The molecule has 4 nitrogen and oxygen atoms in total. The Morgan fingerprint density at radius 2 is 1.96 bits per heavy atom. The second-order valence-electron chi connectivity index (χ2n) is 5.38. The van der Waals surface area contributed by atoms with Crippen molar-refractivity contribution in [2.45, 2.75) is 13.2 Å². The van der Waals surface area contributed by atoms with Crippen LogP contribution in [0.1, 0.15) is 21.2 Å². The van der Waals surface area contributed by atoms with Gasteiger partial charge in [0.25, 0.3) is 5.91 Å². The maximum Gasteiger partial charge on any atom is 0.289 e. The van der Waals surface area contributed by atoms with Crippen molar-refractivity contribution in [1.82, 2.24) is 4.90 Å². The predicted octanol–water partition coefficient (Wildman–Crippen LogP) is 5.09. The van der Waals surface area contributed by atoms with Crippen molar-refractivity contribution in [3.63, 3.8) is 0 Å². The second kappa shape index (κ2) is 7.84. The number of amides is 1. The molecule has 0 spiro atoms. The number of nitrogens with zero attached hydrogens (tertiary/aromatic N) is 1. The molecule has 0 unspecified atom stereocenters. The lowest BCUT2D eigenvalue weighted by molar-refractivity contribution is 0.0750. The largest absolute Gasteiger partial charge is 0.486 e. The molecule has 0 saturated heterocycles. The molecule has 3 aromatic rings. The summed E-state index contributed by atoms with van der Waals surface area (Å²) in [6, 6.07) is 13.0. The number of halogens is 2. The van der Waals surface area contributed by atoms with Gasteiger partial charge >= 0.3 is 0 Å². The van der Waals surface area contributed by atoms with Crippen LogP contribution >= 0.6 is 27.3 Å². The average Bonchev–Trinajstić information content (AvgIpc) is 3.23. The first-order valence-electron chi connectivity index (χ1n) is 7.48. The molecule has 2 heterocycles. The highest BCUT2D eigenvalue weighted by molar-refractivity contribution is 9.11. The fraction of sp³-hybridized carbons (Fsp3) is 0.167. The predicted molar refractivity (Wildman–Crippen MR) is 97.3 cm³/mol. The van der Waals surface area contributed by atoms with E-state index in [0.29, 0.717) is 18.1 Å². The highest BCUT2D eigenvalue weighted by Gasteiger charge is 2.17. The fourth-order valence-electron chi connectivity index (χ4n) is 2.19. The molecule has 25 heavy (non-hydrogen) atoms. The van der Waals surface area contributed by atoms with Crippen LogP contribution in [0.25, 0.3) is 0 Å². The fourth-order valence-corrected chi connectivity index (χ4v) is 3.72. The standard InChI is InChI=1S/C18H15BrFNO3S/c1-21(10-15-7-9-17(19)25-15)18(22)16-8-6-14(24-16)11-23-13-4-2-12(20)3-5-13/h2-9H,10-11H2,1H3. The number of furan rings is 1. The van der Waals surface area contributed by atoms with Gasteiger partial charge in [-0.3, -0.25) is 4.79 Å². The summed E-state index contributed by atoms with van der Waals surface area (Å²) in [5, 5.41) is 0. The Bertz CT molecular complexity index is 859. The highest BCUT2D eigenvalue weighted by atomic mass is 79.9. The third kappa shape index (κ3) is 4.70. The number of carbonyl (C=O) groups is 1. The minimum Gasteiger partial charge on any atom is -0.486 e. The van der Waals surface area contributed by atoms with E-state index >= 15 is 0 Å². The van der Waals surface area contributed by atoms with E-state index in [2.05, 4.69) is 15.9 Å². The molecule has 0 fully saturated rings. The molecule has 7 heteroatoms. The van der Waals surface area contributed by atoms with E-state index in [9.17, 15) is 9.18 Å². The van der Waals surface area contributed by atoms with Crippen LogP contribution in [0.5, 0.6) is 5.75 Å². The van der Waals surface area contributed by atoms with Gasteiger partial charge in [-0.25, -0.2) is 4.39 Å². The summed E-state index contributed by atoms with van der Waals surface area (Å²) in [4.78, 5) is 15.1. The van der Waals surface area contributed by atoms with Crippen LogP contribution in [0.15, 0.2) is 56.7 Å². The Kier molecular flexibility index (Phi) is 5.55. The van der Waals surface area contributed by atoms with Crippen molar-refractivity contribution in [2.75, 3.05) is 7.05 Å². The minimum atomic E-state index is -0.320. The van der Waals surface area contributed by atoms with Crippen LogP contribution in [0.4, 0.5) is 4.39 Å². The van der Waals surface area contributed by atoms with E-state index in [1.165, 1.54) is 24.3 Å². The third-order valence-electron chi connectivity index (χ3n) is 3.44. The van der Waals surface area contributed by atoms with Crippen LogP contribution in [0.2, 0.25) is 0 Å². The van der Waals surface area contributed by atoms with Crippen LogP contribution in [-0.4, -0.2) is 17.9 Å². The molecule has 0 saturated carbocycles. The number of thiophene rings is 1. The van der Waals surface area contributed by atoms with E-state index in [4.69, 9.17) is 9.15 Å². The second-order valence-corrected chi connectivity index (χ2v) is 7.92. The summed E-state index contributed by atoms with van der Waals surface area (Å²) in [7, 11) is 1.73. The van der Waals surface area contributed by atoms with Gasteiger partial charge in [0.1, 0.15) is 23.9 Å². The molecular weight excluding hydrogens is 409 g/mol. The molecule has 0 radical (unpaired) electrons. The number of benzene rings is 1. The number of ether oxygens (including phenoxy) is 1. The van der Waals surface area contributed by atoms with Crippen LogP contribution in [-0.2, 0) is 13.2 Å². The maximum absolute atomic E-state index is 12.9. The summed E-state index contributed by atoms with van der Waals surface area (Å²) in [6.45, 7) is 0.678. The molecule has 0 atom stereocenters. The molecule has 130 valence electrons. The summed E-state index contributed by atoms with van der Waals surface area (Å²) in [6.07, 6.45) is 0. The van der Waals surface area contributed by atoms with Gasteiger partial charge in [0.2, 0.25) is 0 Å². The van der Waals surface area contributed by atoms with E-state index in [1.54, 1.807) is 35.4 Å². The highest BCUT2D eigenvalue weighted by Crippen LogP contribution is 2.23. The normalized spacial score (nSPS) is 10.7. The van der Waals surface area contributed by atoms with Gasteiger partial charge in [-0.05, 0) is 64.5 Å². The number of hydrogen-bond donors (Lipinski definition) is 0. The topological polar surface area (TPSA) is 42.7 Å². The molecule has 3 rings (SSSR count). The average molecular weight is 424 g/mol. The Hall–Kier alpha value is -2.12. The maximum atomic E-state index is 12.9. The Balaban J connectivity index is 1.58. The Morgan fingerprint density at radius 1 is 1.20 bits per heavy atom. The quantitative estimate of drug-likeness (QED) is 0.554. The lowest BCUT2D eigenvalue weighted by atomic mass is 10.3. The van der Waals surface area contributed by atoms with Gasteiger partial charge in [-0.2, -0.15) is 0 Å². The number of hydrogen-bond acceptors (Lipinski definition) is 4. The lowest BCUT2D eigenvalue weighted by Gasteiger charge is -2.14. The molecule has 0 bridgehead atoms. The molecule has 1 aromatic carbocycles. The van der Waals surface area contributed by atoms with Gasteiger partial charge < -0.3 is 14.1 Å². The van der Waals surface area contributed by atoms with Gasteiger partial charge in [-0.15, -0.1) is 11.3 Å². The minimum absolute atomic E-state index is 0.167. The number of carbonyl (C=O) groups excluding carboxylic acids is 1. The molecule has 0 aliphatic carbocycles. The van der Waals surface area contributed by atoms with E-state index in [-0.39, 0.29) is 24.1 Å². The Labute approximate surface area is 157 Å². The van der Waals surface area contributed by atoms with Crippen LogP contribution < -0.4 is 4.74 Å². The van der Waals surface area contributed by atoms with Gasteiger partial charge in [0.05, 0.1) is 10.3 Å². The van der Waals surface area contributed by atoms with Gasteiger partial charge in [0, 0.05) is 11.9 Å². The SMILES string of the molecule is CN(Cc1ccc(Br)s1)C(=O)c1ccc(COc2ccc(F)cc2)o1. The lowest BCUT2D eigenvalue weighted by Crippen LogP contribution is -2.25. The first-order valence-corrected chi connectivity index (χ1v) is 9.09. The van der Waals surface area contributed by atoms with Crippen molar-refractivity contribution in [3.8, 4) is 5.75 Å².